The van der Waals surface area contributed by atoms with Crippen LogP contribution in [0, 0.1) is 0 Å². The molecule has 1 amide bonds. The van der Waals surface area contributed by atoms with Crippen LogP contribution in [0.2, 0.25) is 10.0 Å². The maximum atomic E-state index is 13.0. The van der Waals surface area contributed by atoms with Crippen LogP contribution < -0.4 is 10.0 Å². The van der Waals surface area contributed by atoms with Gasteiger partial charge in [0.25, 0.3) is 15.9 Å². The van der Waals surface area contributed by atoms with Crippen molar-refractivity contribution in [3.63, 3.8) is 0 Å². The van der Waals surface area contributed by atoms with Gasteiger partial charge in [-0.05, 0) is 71.4 Å². The topological polar surface area (TPSA) is 75.3 Å². The van der Waals surface area contributed by atoms with E-state index in [1.54, 1.807) is 30.3 Å². The highest BCUT2D eigenvalue weighted by atomic mass is 35.5. The maximum absolute atomic E-state index is 13.0. The van der Waals surface area contributed by atoms with Gasteiger partial charge in [-0.15, -0.1) is 0 Å². The van der Waals surface area contributed by atoms with Gasteiger partial charge in [0.2, 0.25) is 0 Å². The summed E-state index contributed by atoms with van der Waals surface area (Å²) in [4.78, 5) is 13.1. The van der Waals surface area contributed by atoms with Crippen LogP contribution in [-0.2, 0) is 10.0 Å². The molecule has 0 bridgehead atoms. The molecule has 31 heavy (non-hydrogen) atoms. The third-order valence-corrected chi connectivity index (χ3v) is 6.49. The van der Waals surface area contributed by atoms with Gasteiger partial charge in [-0.25, -0.2) is 8.42 Å². The van der Waals surface area contributed by atoms with E-state index in [1.807, 2.05) is 24.3 Å². The third-order valence-electron chi connectivity index (χ3n) is 4.58. The Kier molecular flexibility index (Phi) is 5.87. The maximum Gasteiger partial charge on any atom is 0.261 e. The molecule has 0 aliphatic heterocycles. The van der Waals surface area contributed by atoms with Crippen molar-refractivity contribution < 1.29 is 13.2 Å². The predicted molar refractivity (Wildman–Crippen MR) is 126 cm³/mol. The molecule has 0 aliphatic carbocycles. The number of halogens is 2. The van der Waals surface area contributed by atoms with Crippen LogP contribution in [0.5, 0.6) is 0 Å². The second-order valence-corrected chi connectivity index (χ2v) is 9.32. The third kappa shape index (κ3) is 4.82. The lowest BCUT2D eigenvalue weighted by Gasteiger charge is -2.13. The Morgan fingerprint density at radius 1 is 0.742 bits per heavy atom. The van der Waals surface area contributed by atoms with Crippen molar-refractivity contribution in [3.05, 3.63) is 101 Å². The molecule has 0 fully saturated rings. The highest BCUT2D eigenvalue weighted by Gasteiger charge is 2.17. The molecule has 4 aromatic carbocycles. The zero-order valence-electron chi connectivity index (χ0n) is 16.0. The molecule has 8 heteroatoms. The van der Waals surface area contributed by atoms with Gasteiger partial charge in [0.15, 0.2) is 0 Å². The number of rotatable bonds is 5. The molecule has 0 spiro atoms. The minimum Gasteiger partial charge on any atom is -0.322 e. The number of benzene rings is 4. The lowest BCUT2D eigenvalue weighted by molar-refractivity contribution is 0.102. The molecule has 0 aliphatic rings. The Hall–Kier alpha value is -3.06. The SMILES string of the molecule is O=C(Nc1ccc(Cl)cc1)c1cc(NS(=O)(=O)c2ccc(Cl)cc2)cc2ccccc12. The number of carbonyl (C=O) groups is 1. The molecule has 4 rings (SSSR count). The van der Waals surface area contributed by atoms with Crippen LogP contribution >= 0.6 is 23.2 Å². The molecule has 156 valence electrons. The van der Waals surface area contributed by atoms with Crippen LogP contribution in [0.15, 0.2) is 89.8 Å². The van der Waals surface area contributed by atoms with Gasteiger partial charge < -0.3 is 5.32 Å². The fourth-order valence-electron chi connectivity index (χ4n) is 3.12. The molecule has 0 heterocycles. The van der Waals surface area contributed by atoms with E-state index in [9.17, 15) is 13.2 Å². The number of hydrogen-bond acceptors (Lipinski definition) is 3. The first-order chi connectivity index (χ1) is 14.8. The van der Waals surface area contributed by atoms with Gasteiger partial charge >= 0.3 is 0 Å². The lowest BCUT2D eigenvalue weighted by Crippen LogP contribution is -2.15. The van der Waals surface area contributed by atoms with E-state index in [0.717, 1.165) is 5.39 Å². The summed E-state index contributed by atoms with van der Waals surface area (Å²) in [6.45, 7) is 0. The summed E-state index contributed by atoms with van der Waals surface area (Å²) < 4.78 is 28.1. The van der Waals surface area contributed by atoms with Crippen LogP contribution in [0.25, 0.3) is 10.8 Å². The summed E-state index contributed by atoms with van der Waals surface area (Å²) in [6, 6.07) is 23.0. The normalized spacial score (nSPS) is 11.3. The first-order valence-corrected chi connectivity index (χ1v) is 11.4. The molecule has 5 nitrogen and oxygen atoms in total. The fourth-order valence-corrected chi connectivity index (χ4v) is 4.41. The minimum atomic E-state index is -3.86. The highest BCUT2D eigenvalue weighted by molar-refractivity contribution is 7.92. The van der Waals surface area contributed by atoms with E-state index in [2.05, 4.69) is 10.0 Å². The number of amides is 1. The van der Waals surface area contributed by atoms with Crippen molar-refractivity contribution in [1.82, 2.24) is 0 Å². The van der Waals surface area contributed by atoms with Crippen LogP contribution in [0.3, 0.4) is 0 Å². The average Bonchev–Trinajstić information content (AvgIpc) is 2.75. The largest absolute Gasteiger partial charge is 0.322 e. The van der Waals surface area contributed by atoms with E-state index in [1.165, 1.54) is 30.3 Å². The summed E-state index contributed by atoms with van der Waals surface area (Å²) in [5, 5.41) is 5.23. The van der Waals surface area contributed by atoms with E-state index in [-0.39, 0.29) is 16.5 Å². The van der Waals surface area contributed by atoms with Gasteiger partial charge in [-0.1, -0.05) is 47.5 Å². The van der Waals surface area contributed by atoms with Crippen molar-refractivity contribution in [1.29, 1.82) is 0 Å². The van der Waals surface area contributed by atoms with E-state index in [4.69, 9.17) is 23.2 Å². The summed E-state index contributed by atoms with van der Waals surface area (Å²) in [6.07, 6.45) is 0. The van der Waals surface area contributed by atoms with Gasteiger partial charge in [0, 0.05) is 21.3 Å². The Balaban J connectivity index is 1.71. The monoisotopic (exact) mass is 470 g/mol. The first-order valence-electron chi connectivity index (χ1n) is 9.20. The smallest absolute Gasteiger partial charge is 0.261 e. The molecule has 2 N–H and O–H groups in total. The summed E-state index contributed by atoms with van der Waals surface area (Å²) in [5.41, 5.74) is 1.18. The molecule has 0 radical (unpaired) electrons. The summed E-state index contributed by atoms with van der Waals surface area (Å²) >= 11 is 11.8. The zero-order chi connectivity index (χ0) is 22.0. The van der Waals surface area contributed by atoms with Gasteiger partial charge in [0.05, 0.1) is 10.6 Å². The fraction of sp³-hybridized carbons (Fsp3) is 0. The molecular formula is C23H16Cl2N2O3S. The zero-order valence-corrected chi connectivity index (χ0v) is 18.3. The second kappa shape index (κ2) is 8.59. The number of fused-ring (bicyclic) bond motifs is 1. The van der Waals surface area contributed by atoms with Gasteiger partial charge in [0.1, 0.15) is 0 Å². The second-order valence-electron chi connectivity index (χ2n) is 6.77. The van der Waals surface area contributed by atoms with E-state index in [0.29, 0.717) is 26.7 Å². The molecular weight excluding hydrogens is 455 g/mol. The number of sulfonamides is 1. The van der Waals surface area contributed by atoms with E-state index >= 15 is 0 Å². The number of anilines is 2. The standard InChI is InChI=1S/C23H16Cl2N2O3S/c24-16-5-9-18(10-6-16)26-23(28)22-14-19(13-15-3-1-2-4-21(15)22)27-31(29,30)20-11-7-17(25)8-12-20/h1-14,27H,(H,26,28). The van der Waals surface area contributed by atoms with E-state index < -0.39 is 10.0 Å². The number of hydrogen-bond donors (Lipinski definition) is 2. The minimum absolute atomic E-state index is 0.0669. The Morgan fingerprint density at radius 3 is 2.03 bits per heavy atom. The Bertz CT molecular complexity index is 1370. The van der Waals surface area contributed by atoms with Crippen molar-refractivity contribution >= 4 is 61.3 Å². The van der Waals surface area contributed by atoms with Crippen molar-refractivity contribution in [3.8, 4) is 0 Å². The molecule has 0 unspecified atom stereocenters. The Labute approximate surface area is 189 Å². The molecule has 0 saturated heterocycles. The lowest BCUT2D eigenvalue weighted by atomic mass is 10.0. The summed E-state index contributed by atoms with van der Waals surface area (Å²) in [5.74, 6) is -0.369. The molecule has 4 aromatic rings. The van der Waals surface area contributed by atoms with Crippen LogP contribution in [0.1, 0.15) is 10.4 Å². The summed E-state index contributed by atoms with van der Waals surface area (Å²) in [7, 11) is -3.86. The first kappa shape index (κ1) is 21.2. The van der Waals surface area contributed by atoms with Crippen LogP contribution in [0.4, 0.5) is 11.4 Å². The molecule has 0 atom stereocenters. The highest BCUT2D eigenvalue weighted by Crippen LogP contribution is 2.27. The Morgan fingerprint density at radius 2 is 1.35 bits per heavy atom. The molecule has 0 saturated carbocycles. The quantitative estimate of drug-likeness (QED) is 0.364. The van der Waals surface area contributed by atoms with Crippen molar-refractivity contribution in [2.45, 2.75) is 4.90 Å². The number of carbonyl (C=O) groups excluding carboxylic acids is 1. The molecule has 0 aromatic heterocycles. The van der Waals surface area contributed by atoms with Crippen molar-refractivity contribution in [2.75, 3.05) is 10.0 Å². The van der Waals surface area contributed by atoms with Crippen molar-refractivity contribution in [2.24, 2.45) is 0 Å². The number of nitrogens with one attached hydrogen (secondary N) is 2. The van der Waals surface area contributed by atoms with Gasteiger partial charge in [-0.3, -0.25) is 9.52 Å². The van der Waals surface area contributed by atoms with Gasteiger partial charge in [-0.2, -0.15) is 0 Å². The van der Waals surface area contributed by atoms with Crippen LogP contribution in [-0.4, -0.2) is 14.3 Å². The predicted octanol–water partition coefficient (Wildman–Crippen LogP) is 6.20. The average molecular weight is 471 g/mol.